The zero-order valence-corrected chi connectivity index (χ0v) is 18.9. The molecule has 0 amide bonds. The zero-order valence-electron chi connectivity index (χ0n) is 18.9. The van der Waals surface area contributed by atoms with E-state index < -0.39 is 29.2 Å². The lowest BCUT2D eigenvalue weighted by atomic mass is 9.97. The highest BCUT2D eigenvalue weighted by Crippen LogP contribution is 2.41. The maximum Gasteiger partial charge on any atom is 0.356 e. The molecule has 172 valence electrons. The van der Waals surface area contributed by atoms with Crippen molar-refractivity contribution in [2.75, 3.05) is 12.3 Å². The molecule has 0 bridgehead atoms. The third-order valence-electron chi connectivity index (χ3n) is 5.13. The minimum absolute atomic E-state index is 0.0704. The monoisotopic (exact) mass is 444 g/mol. The van der Waals surface area contributed by atoms with Gasteiger partial charge in [0.1, 0.15) is 11.4 Å². The van der Waals surface area contributed by atoms with Gasteiger partial charge in [0.15, 0.2) is 0 Å². The largest absolute Gasteiger partial charge is 0.469 e. The van der Waals surface area contributed by atoms with Crippen LogP contribution in [0.2, 0.25) is 0 Å². The summed E-state index contributed by atoms with van der Waals surface area (Å²) in [6.07, 6.45) is -0.271. The molecule has 3 rings (SSSR count). The molecular weight excluding hydrogens is 416 g/mol. The second kappa shape index (κ2) is 8.64. The summed E-state index contributed by atoms with van der Waals surface area (Å²) >= 11 is 0. The zero-order chi connectivity index (χ0) is 23.8. The van der Waals surface area contributed by atoms with Crippen LogP contribution in [0, 0.1) is 6.92 Å². The van der Waals surface area contributed by atoms with Gasteiger partial charge >= 0.3 is 11.9 Å². The molecule has 0 radical (unpaired) electrons. The van der Waals surface area contributed by atoms with Gasteiger partial charge in [0, 0.05) is 19.2 Å². The van der Waals surface area contributed by atoms with E-state index in [0.717, 1.165) is 17.6 Å². The van der Waals surface area contributed by atoms with Crippen molar-refractivity contribution in [2.45, 2.75) is 65.7 Å². The van der Waals surface area contributed by atoms with Crippen molar-refractivity contribution >= 4 is 40.1 Å². The topological polar surface area (TPSA) is 127 Å². The highest BCUT2D eigenvalue weighted by Gasteiger charge is 2.43. The van der Waals surface area contributed by atoms with Crippen LogP contribution in [-0.2, 0) is 30.4 Å². The lowest BCUT2D eigenvalue weighted by Gasteiger charge is -2.27. The number of nitrogens with two attached hydrogens (primary N) is 1. The normalized spacial score (nSPS) is 16.0. The van der Waals surface area contributed by atoms with Crippen molar-refractivity contribution in [3.8, 4) is 5.75 Å². The Bertz CT molecular complexity index is 1110. The van der Waals surface area contributed by atoms with Crippen LogP contribution in [0.25, 0.3) is 10.9 Å². The van der Waals surface area contributed by atoms with Gasteiger partial charge in [-0.25, -0.2) is 4.79 Å². The Morgan fingerprint density at radius 2 is 1.88 bits per heavy atom. The van der Waals surface area contributed by atoms with Crippen molar-refractivity contribution in [3.05, 3.63) is 23.4 Å². The fourth-order valence-electron chi connectivity index (χ4n) is 3.68. The molecule has 9 nitrogen and oxygen atoms in total. The number of aryl methyl sites for hydroxylation is 1. The van der Waals surface area contributed by atoms with Gasteiger partial charge in [-0.3, -0.25) is 14.4 Å². The van der Waals surface area contributed by atoms with Crippen LogP contribution in [0.1, 0.15) is 56.6 Å². The van der Waals surface area contributed by atoms with Crippen molar-refractivity contribution in [1.29, 1.82) is 0 Å². The molecule has 0 fully saturated rings. The fourth-order valence-corrected chi connectivity index (χ4v) is 3.68. The molecule has 1 aliphatic heterocycles. The van der Waals surface area contributed by atoms with Crippen molar-refractivity contribution in [2.24, 2.45) is 0 Å². The average Bonchev–Trinajstić information content (AvgIpc) is 2.93. The second-order valence-corrected chi connectivity index (χ2v) is 8.76. The number of aromatic nitrogens is 1. The Hall–Kier alpha value is -3.36. The van der Waals surface area contributed by atoms with E-state index in [-0.39, 0.29) is 17.3 Å². The number of Topliss-reactive ketones (excluding diaryl/α,β-unsaturated/α-hetero) is 2. The van der Waals surface area contributed by atoms with Gasteiger partial charge in [0.2, 0.25) is 5.78 Å². The Morgan fingerprint density at radius 3 is 2.50 bits per heavy atom. The van der Waals surface area contributed by atoms with Crippen LogP contribution in [0.3, 0.4) is 0 Å². The van der Waals surface area contributed by atoms with E-state index in [1.807, 2.05) is 11.5 Å². The van der Waals surface area contributed by atoms with Gasteiger partial charge in [-0.15, -0.1) is 0 Å². The Balaban J connectivity index is 1.96. The summed E-state index contributed by atoms with van der Waals surface area (Å²) in [4.78, 5) is 48.7. The van der Waals surface area contributed by atoms with Gasteiger partial charge < -0.3 is 24.5 Å². The number of unbranched alkanes of at least 4 members (excludes halogenated alkanes) is 1. The molecule has 1 aromatic carbocycles. The number of ketones is 2. The number of hydrogen-bond acceptors (Lipinski definition) is 8. The van der Waals surface area contributed by atoms with Crippen LogP contribution in [0.15, 0.2) is 12.1 Å². The number of fused-ring (bicyclic) bond motifs is 3. The first-order chi connectivity index (χ1) is 14.9. The van der Waals surface area contributed by atoms with E-state index in [1.54, 1.807) is 26.8 Å². The first-order valence-electron chi connectivity index (χ1n) is 10.4. The van der Waals surface area contributed by atoms with Crippen molar-refractivity contribution in [1.82, 2.24) is 4.57 Å². The SMILES string of the molecule is CC(=O)OCCCCn1c(C)c(N)c2c3c(ccc21)C(=O)C(=O)C(C(=O)OC(C)(C)C)O3. The predicted octanol–water partition coefficient (Wildman–Crippen LogP) is 2.73. The molecule has 9 heteroatoms. The van der Waals surface area contributed by atoms with Crippen LogP contribution in [0.4, 0.5) is 5.69 Å². The summed E-state index contributed by atoms with van der Waals surface area (Å²) < 4.78 is 18.0. The number of anilines is 1. The third-order valence-corrected chi connectivity index (χ3v) is 5.13. The molecule has 0 saturated carbocycles. The molecule has 0 spiro atoms. The Kier molecular flexibility index (Phi) is 6.29. The highest BCUT2D eigenvalue weighted by molar-refractivity contribution is 6.49. The lowest BCUT2D eigenvalue weighted by molar-refractivity contribution is -0.165. The van der Waals surface area contributed by atoms with Gasteiger partial charge in [-0.05, 0) is 52.7 Å². The van der Waals surface area contributed by atoms with Crippen LogP contribution < -0.4 is 10.5 Å². The van der Waals surface area contributed by atoms with Crippen LogP contribution in [-0.4, -0.2) is 46.4 Å². The van der Waals surface area contributed by atoms with E-state index in [2.05, 4.69) is 0 Å². The maximum absolute atomic E-state index is 12.7. The second-order valence-electron chi connectivity index (χ2n) is 8.76. The minimum atomic E-state index is -1.67. The molecule has 2 aromatic rings. The molecule has 1 aromatic heterocycles. The number of esters is 2. The quantitative estimate of drug-likeness (QED) is 0.312. The number of rotatable bonds is 6. The lowest BCUT2D eigenvalue weighted by Crippen LogP contribution is -2.46. The molecule has 0 saturated heterocycles. The number of carbonyl (C=O) groups excluding carboxylic acids is 4. The molecule has 2 heterocycles. The van der Waals surface area contributed by atoms with Crippen molar-refractivity contribution < 1.29 is 33.4 Å². The first kappa shape index (κ1) is 23.3. The first-order valence-corrected chi connectivity index (χ1v) is 10.4. The van der Waals surface area contributed by atoms with Gasteiger partial charge in [0.05, 0.1) is 28.8 Å². The molecule has 0 aliphatic carbocycles. The maximum atomic E-state index is 12.7. The number of carbonyl (C=O) groups is 4. The molecule has 2 N–H and O–H groups in total. The average molecular weight is 444 g/mol. The number of nitrogen functional groups attached to an aromatic ring is 1. The smallest absolute Gasteiger partial charge is 0.356 e. The van der Waals surface area contributed by atoms with Gasteiger partial charge in [-0.1, -0.05) is 0 Å². The molecule has 32 heavy (non-hydrogen) atoms. The molecule has 1 unspecified atom stereocenters. The fraction of sp³-hybridized carbons (Fsp3) is 0.478. The standard InChI is InChI=1S/C23H28N2O7/c1-12-17(24)16-15(25(12)10-6-7-11-30-13(2)26)9-8-14-18(27)19(28)21(31-20(14)16)22(29)32-23(3,4)5/h8-9,21H,6-7,10-11,24H2,1-5H3. The van der Waals surface area contributed by atoms with E-state index in [9.17, 15) is 19.2 Å². The third kappa shape index (κ3) is 4.46. The molecule has 1 aliphatic rings. The molecular formula is C23H28N2O7. The van der Waals surface area contributed by atoms with E-state index in [0.29, 0.717) is 30.6 Å². The molecule has 1 atom stereocenters. The number of benzene rings is 1. The minimum Gasteiger partial charge on any atom is -0.469 e. The number of ether oxygens (including phenoxy) is 3. The van der Waals surface area contributed by atoms with E-state index in [4.69, 9.17) is 19.9 Å². The summed E-state index contributed by atoms with van der Waals surface area (Å²) in [5, 5.41) is 0.481. The number of hydrogen-bond donors (Lipinski definition) is 1. The van der Waals surface area contributed by atoms with Crippen molar-refractivity contribution in [3.63, 3.8) is 0 Å². The Labute approximate surface area is 185 Å². The van der Waals surface area contributed by atoms with Crippen LogP contribution in [0.5, 0.6) is 5.75 Å². The summed E-state index contributed by atoms with van der Waals surface area (Å²) in [5.74, 6) is -2.90. The number of nitrogens with zero attached hydrogens (tertiary/aromatic N) is 1. The predicted molar refractivity (Wildman–Crippen MR) is 117 cm³/mol. The summed E-state index contributed by atoms with van der Waals surface area (Å²) in [6.45, 7) is 9.12. The Morgan fingerprint density at radius 1 is 1.19 bits per heavy atom. The summed E-state index contributed by atoms with van der Waals surface area (Å²) in [5.41, 5.74) is 7.47. The summed E-state index contributed by atoms with van der Waals surface area (Å²) in [7, 11) is 0. The van der Waals surface area contributed by atoms with Gasteiger partial charge in [0.25, 0.3) is 11.9 Å². The highest BCUT2D eigenvalue weighted by atomic mass is 16.6. The van der Waals surface area contributed by atoms with E-state index >= 15 is 0 Å². The van der Waals surface area contributed by atoms with Gasteiger partial charge in [-0.2, -0.15) is 0 Å². The van der Waals surface area contributed by atoms with E-state index in [1.165, 1.54) is 13.0 Å². The van der Waals surface area contributed by atoms with Crippen LogP contribution >= 0.6 is 0 Å². The summed E-state index contributed by atoms with van der Waals surface area (Å²) in [6, 6.07) is 3.23.